The summed E-state index contributed by atoms with van der Waals surface area (Å²) in [5.74, 6) is 0.725. The smallest absolute Gasteiger partial charge is 0.261 e. The first-order chi connectivity index (χ1) is 9.10. The van der Waals surface area contributed by atoms with Crippen molar-refractivity contribution in [3.8, 4) is 5.75 Å². The number of benzene rings is 1. The summed E-state index contributed by atoms with van der Waals surface area (Å²) in [4.78, 5) is 12.7. The molecule has 0 aliphatic carbocycles. The van der Waals surface area contributed by atoms with Crippen molar-refractivity contribution >= 4 is 33.2 Å². The molecule has 0 aliphatic heterocycles. The highest BCUT2D eigenvalue weighted by atomic mass is 79.9. The van der Waals surface area contributed by atoms with Gasteiger partial charge in [-0.15, -0.1) is 11.3 Å². The van der Waals surface area contributed by atoms with Crippen molar-refractivity contribution in [2.24, 2.45) is 0 Å². The third-order valence-electron chi connectivity index (χ3n) is 2.74. The van der Waals surface area contributed by atoms with E-state index >= 15 is 0 Å². The number of amides is 1. The maximum atomic E-state index is 12.0. The van der Waals surface area contributed by atoms with Crippen LogP contribution in [0.4, 0.5) is 0 Å². The maximum absolute atomic E-state index is 12.0. The molecule has 19 heavy (non-hydrogen) atoms. The van der Waals surface area contributed by atoms with Crippen LogP contribution in [0.15, 0.2) is 40.2 Å². The van der Waals surface area contributed by atoms with E-state index in [1.807, 2.05) is 43.3 Å². The number of halogens is 1. The van der Waals surface area contributed by atoms with Crippen LogP contribution in [-0.4, -0.2) is 13.0 Å². The average molecular weight is 340 g/mol. The van der Waals surface area contributed by atoms with Crippen LogP contribution in [0.3, 0.4) is 0 Å². The van der Waals surface area contributed by atoms with Gasteiger partial charge in [-0.05, 0) is 52.7 Å². The van der Waals surface area contributed by atoms with E-state index in [0.717, 1.165) is 15.1 Å². The van der Waals surface area contributed by atoms with Gasteiger partial charge in [0.15, 0.2) is 0 Å². The molecule has 5 heteroatoms. The van der Waals surface area contributed by atoms with Gasteiger partial charge in [0.05, 0.1) is 21.8 Å². The summed E-state index contributed by atoms with van der Waals surface area (Å²) in [5.41, 5.74) is 1.02. The van der Waals surface area contributed by atoms with Gasteiger partial charge in [-0.2, -0.15) is 0 Å². The van der Waals surface area contributed by atoms with Crippen molar-refractivity contribution in [1.82, 2.24) is 5.32 Å². The lowest BCUT2D eigenvalue weighted by Gasteiger charge is -2.14. The third-order valence-corrected chi connectivity index (χ3v) is 4.36. The summed E-state index contributed by atoms with van der Waals surface area (Å²) in [6, 6.07) is 11.3. The summed E-state index contributed by atoms with van der Waals surface area (Å²) < 4.78 is 6.13. The van der Waals surface area contributed by atoms with Gasteiger partial charge in [0, 0.05) is 0 Å². The molecule has 0 bridgehead atoms. The SMILES string of the molecule is COc1cccc([C@@H](C)NC(=O)c2ccc(Br)s2)c1. The van der Waals surface area contributed by atoms with Crippen molar-refractivity contribution in [3.05, 3.63) is 50.6 Å². The van der Waals surface area contributed by atoms with E-state index in [4.69, 9.17) is 4.74 Å². The molecule has 1 atom stereocenters. The lowest BCUT2D eigenvalue weighted by Crippen LogP contribution is -2.25. The maximum Gasteiger partial charge on any atom is 0.261 e. The number of thiophene rings is 1. The van der Waals surface area contributed by atoms with Gasteiger partial charge in [0.25, 0.3) is 5.91 Å². The van der Waals surface area contributed by atoms with E-state index in [1.54, 1.807) is 7.11 Å². The highest BCUT2D eigenvalue weighted by Gasteiger charge is 2.13. The fraction of sp³-hybridized carbons (Fsp3) is 0.214. The van der Waals surface area contributed by atoms with Crippen molar-refractivity contribution in [2.75, 3.05) is 7.11 Å². The van der Waals surface area contributed by atoms with Gasteiger partial charge in [0.1, 0.15) is 5.75 Å². The van der Waals surface area contributed by atoms with Crippen molar-refractivity contribution in [3.63, 3.8) is 0 Å². The summed E-state index contributed by atoms with van der Waals surface area (Å²) in [7, 11) is 1.63. The predicted molar refractivity (Wildman–Crippen MR) is 80.9 cm³/mol. The van der Waals surface area contributed by atoms with E-state index in [1.165, 1.54) is 11.3 Å². The van der Waals surface area contributed by atoms with Crippen LogP contribution in [-0.2, 0) is 0 Å². The van der Waals surface area contributed by atoms with E-state index < -0.39 is 0 Å². The standard InChI is InChI=1S/C14H14BrNO2S/c1-9(10-4-3-5-11(8-10)18-2)16-14(17)12-6-7-13(15)19-12/h3-9H,1-2H3,(H,16,17)/t9-/m1/s1. The Kier molecular flexibility index (Phi) is 4.61. The number of ether oxygens (including phenoxy) is 1. The van der Waals surface area contributed by atoms with E-state index in [-0.39, 0.29) is 11.9 Å². The number of carbonyl (C=O) groups is 1. The van der Waals surface area contributed by atoms with Crippen LogP contribution in [0, 0.1) is 0 Å². The van der Waals surface area contributed by atoms with Crippen molar-refractivity contribution in [2.45, 2.75) is 13.0 Å². The van der Waals surface area contributed by atoms with E-state index in [0.29, 0.717) is 4.88 Å². The second kappa shape index (κ2) is 6.21. The molecule has 3 nitrogen and oxygen atoms in total. The number of methoxy groups -OCH3 is 1. The average Bonchev–Trinajstić information content (AvgIpc) is 2.85. The molecule has 0 spiro atoms. The molecule has 0 saturated heterocycles. The van der Waals surface area contributed by atoms with Gasteiger partial charge in [-0.1, -0.05) is 12.1 Å². The zero-order valence-corrected chi connectivity index (χ0v) is 13.0. The number of hydrogen-bond donors (Lipinski definition) is 1. The zero-order chi connectivity index (χ0) is 13.8. The van der Waals surface area contributed by atoms with Crippen molar-refractivity contribution < 1.29 is 9.53 Å². The minimum absolute atomic E-state index is 0.0639. The van der Waals surface area contributed by atoms with Crippen LogP contribution < -0.4 is 10.1 Å². The Labute approximate surface area is 124 Å². The minimum Gasteiger partial charge on any atom is -0.497 e. The molecule has 1 N–H and O–H groups in total. The van der Waals surface area contributed by atoms with Crippen molar-refractivity contribution in [1.29, 1.82) is 0 Å². The molecule has 100 valence electrons. The number of carbonyl (C=O) groups excluding carboxylic acids is 1. The van der Waals surface area contributed by atoms with Gasteiger partial charge < -0.3 is 10.1 Å². The molecule has 0 aliphatic rings. The Hall–Kier alpha value is -1.33. The topological polar surface area (TPSA) is 38.3 Å². The predicted octanol–water partition coefficient (Wildman–Crippen LogP) is 4.01. The molecule has 0 unspecified atom stereocenters. The lowest BCUT2D eigenvalue weighted by molar-refractivity contribution is 0.0944. The molecular weight excluding hydrogens is 326 g/mol. The normalized spacial score (nSPS) is 11.9. The van der Waals surface area contributed by atoms with Crippen LogP contribution in [0.2, 0.25) is 0 Å². The second-order valence-corrected chi connectivity index (χ2v) is 6.54. The monoisotopic (exact) mass is 339 g/mol. The number of hydrogen-bond acceptors (Lipinski definition) is 3. The molecule has 2 aromatic rings. The highest BCUT2D eigenvalue weighted by molar-refractivity contribution is 9.11. The summed E-state index contributed by atoms with van der Waals surface area (Å²) in [6.07, 6.45) is 0. The summed E-state index contributed by atoms with van der Waals surface area (Å²) in [5, 5.41) is 2.97. The first kappa shape index (κ1) is 14.1. The third kappa shape index (κ3) is 3.58. The van der Waals surface area contributed by atoms with Gasteiger partial charge in [-0.3, -0.25) is 4.79 Å². The highest BCUT2D eigenvalue weighted by Crippen LogP contribution is 2.23. The molecule has 1 amide bonds. The number of nitrogens with one attached hydrogen (secondary N) is 1. The van der Waals surface area contributed by atoms with Gasteiger partial charge >= 0.3 is 0 Å². The minimum atomic E-state index is -0.0662. The molecule has 1 heterocycles. The van der Waals surface area contributed by atoms with Crippen LogP contribution >= 0.6 is 27.3 Å². The number of rotatable bonds is 4. The Morgan fingerprint density at radius 2 is 2.16 bits per heavy atom. The molecule has 0 radical (unpaired) electrons. The van der Waals surface area contributed by atoms with Crippen LogP contribution in [0.5, 0.6) is 5.75 Å². The van der Waals surface area contributed by atoms with Gasteiger partial charge in [-0.25, -0.2) is 0 Å². The lowest BCUT2D eigenvalue weighted by atomic mass is 10.1. The van der Waals surface area contributed by atoms with E-state index in [9.17, 15) is 4.79 Å². The molecular formula is C14H14BrNO2S. The Morgan fingerprint density at radius 1 is 1.37 bits per heavy atom. The Bertz CT molecular complexity index is 582. The van der Waals surface area contributed by atoms with E-state index in [2.05, 4.69) is 21.2 Å². The first-order valence-electron chi connectivity index (χ1n) is 5.80. The fourth-order valence-electron chi connectivity index (χ4n) is 1.70. The molecule has 1 aromatic carbocycles. The fourth-order valence-corrected chi connectivity index (χ4v) is 2.99. The summed E-state index contributed by atoms with van der Waals surface area (Å²) in [6.45, 7) is 1.95. The summed E-state index contributed by atoms with van der Waals surface area (Å²) >= 11 is 4.77. The Balaban J connectivity index is 2.08. The molecule has 2 rings (SSSR count). The molecule has 0 saturated carbocycles. The Morgan fingerprint density at radius 3 is 2.79 bits per heavy atom. The van der Waals surface area contributed by atoms with Crippen LogP contribution in [0.25, 0.3) is 0 Å². The first-order valence-corrected chi connectivity index (χ1v) is 7.41. The zero-order valence-electron chi connectivity index (χ0n) is 10.6. The van der Waals surface area contributed by atoms with Crippen LogP contribution in [0.1, 0.15) is 28.2 Å². The molecule has 1 aromatic heterocycles. The largest absolute Gasteiger partial charge is 0.497 e. The molecule has 0 fully saturated rings. The van der Waals surface area contributed by atoms with Gasteiger partial charge in [0.2, 0.25) is 0 Å². The quantitative estimate of drug-likeness (QED) is 0.913. The second-order valence-electron chi connectivity index (χ2n) is 4.08.